The van der Waals surface area contributed by atoms with Crippen molar-refractivity contribution in [2.45, 2.75) is 70.9 Å². The fraction of sp³-hybridized carbons (Fsp3) is 0.545. The van der Waals surface area contributed by atoms with Crippen LogP contribution >= 0.6 is 0 Å². The Hall–Kier alpha value is -2.50. The van der Waals surface area contributed by atoms with Gasteiger partial charge in [-0.1, -0.05) is 37.5 Å². The molecule has 0 spiro atoms. The normalized spacial score (nSPS) is 16.6. The monoisotopic (exact) mass is 385 g/mol. The SMILES string of the molecule is Cc1[nH]c2ccccc2c1C(=O)NCC1(NC(=O)OC(C)(C)C)CCCCC1. The number of ether oxygens (including phenoxy) is 1. The van der Waals surface area contributed by atoms with Crippen LogP contribution in [0.25, 0.3) is 10.9 Å². The molecule has 2 amide bonds. The zero-order chi connectivity index (χ0) is 20.4. The van der Waals surface area contributed by atoms with Crippen molar-refractivity contribution in [1.29, 1.82) is 0 Å². The van der Waals surface area contributed by atoms with Gasteiger partial charge in [0.05, 0.1) is 11.1 Å². The van der Waals surface area contributed by atoms with E-state index in [2.05, 4.69) is 15.6 Å². The van der Waals surface area contributed by atoms with Crippen LogP contribution in [0.2, 0.25) is 0 Å². The average molecular weight is 386 g/mol. The zero-order valence-electron chi connectivity index (χ0n) is 17.3. The summed E-state index contributed by atoms with van der Waals surface area (Å²) >= 11 is 0. The van der Waals surface area contributed by atoms with Crippen molar-refractivity contribution in [3.05, 3.63) is 35.5 Å². The molecule has 2 aromatic rings. The van der Waals surface area contributed by atoms with Gasteiger partial charge in [-0.05, 0) is 46.6 Å². The van der Waals surface area contributed by atoms with E-state index in [1.165, 1.54) is 0 Å². The van der Waals surface area contributed by atoms with Crippen LogP contribution in [0.3, 0.4) is 0 Å². The minimum absolute atomic E-state index is 0.120. The number of fused-ring (bicyclic) bond motifs is 1. The number of hydrogen-bond donors (Lipinski definition) is 3. The Balaban J connectivity index is 1.73. The van der Waals surface area contributed by atoms with Crippen LogP contribution in [-0.2, 0) is 4.74 Å². The van der Waals surface area contributed by atoms with Gasteiger partial charge in [0.1, 0.15) is 5.60 Å². The molecule has 1 aliphatic carbocycles. The predicted octanol–water partition coefficient (Wildman–Crippen LogP) is 4.43. The molecule has 28 heavy (non-hydrogen) atoms. The Morgan fingerprint density at radius 2 is 1.82 bits per heavy atom. The lowest BCUT2D eigenvalue weighted by molar-refractivity contribution is 0.0419. The van der Waals surface area contributed by atoms with Crippen LogP contribution in [0.4, 0.5) is 4.79 Å². The topological polar surface area (TPSA) is 83.2 Å². The third-order valence-corrected chi connectivity index (χ3v) is 5.28. The second-order valence-electron chi connectivity index (χ2n) is 8.82. The van der Waals surface area contributed by atoms with Crippen molar-refractivity contribution < 1.29 is 14.3 Å². The zero-order valence-corrected chi connectivity index (χ0v) is 17.3. The number of aryl methyl sites for hydroxylation is 1. The van der Waals surface area contributed by atoms with E-state index in [4.69, 9.17) is 4.74 Å². The summed E-state index contributed by atoms with van der Waals surface area (Å²) in [4.78, 5) is 28.6. The number of hydrogen-bond acceptors (Lipinski definition) is 3. The van der Waals surface area contributed by atoms with Crippen molar-refractivity contribution in [2.75, 3.05) is 6.54 Å². The molecule has 0 atom stereocenters. The summed E-state index contributed by atoms with van der Waals surface area (Å²) in [6.45, 7) is 7.85. The van der Waals surface area contributed by atoms with Gasteiger partial charge in [-0.2, -0.15) is 0 Å². The molecule has 0 saturated heterocycles. The van der Waals surface area contributed by atoms with E-state index in [0.717, 1.165) is 48.7 Å². The minimum Gasteiger partial charge on any atom is -0.444 e. The van der Waals surface area contributed by atoms with Crippen molar-refractivity contribution in [3.8, 4) is 0 Å². The first kappa shape index (κ1) is 20.2. The molecule has 0 bridgehead atoms. The molecule has 1 aromatic carbocycles. The number of benzene rings is 1. The Morgan fingerprint density at radius 3 is 2.50 bits per heavy atom. The van der Waals surface area contributed by atoms with E-state index < -0.39 is 17.2 Å². The highest BCUT2D eigenvalue weighted by atomic mass is 16.6. The first-order valence-corrected chi connectivity index (χ1v) is 10.1. The lowest BCUT2D eigenvalue weighted by Crippen LogP contribution is -2.57. The summed E-state index contributed by atoms with van der Waals surface area (Å²) in [5.41, 5.74) is 1.44. The molecule has 152 valence electrons. The summed E-state index contributed by atoms with van der Waals surface area (Å²) in [5.74, 6) is -0.120. The highest BCUT2D eigenvalue weighted by Gasteiger charge is 2.35. The van der Waals surface area contributed by atoms with E-state index in [1.807, 2.05) is 52.0 Å². The number of nitrogens with one attached hydrogen (secondary N) is 3. The van der Waals surface area contributed by atoms with Gasteiger partial charge in [-0.15, -0.1) is 0 Å². The maximum absolute atomic E-state index is 13.0. The largest absolute Gasteiger partial charge is 0.444 e. The lowest BCUT2D eigenvalue weighted by Gasteiger charge is -2.38. The average Bonchev–Trinajstić information content (AvgIpc) is 2.94. The number of amides is 2. The van der Waals surface area contributed by atoms with Gasteiger partial charge < -0.3 is 20.4 Å². The molecule has 0 unspecified atom stereocenters. The van der Waals surface area contributed by atoms with Gasteiger partial charge in [0.25, 0.3) is 5.91 Å². The van der Waals surface area contributed by atoms with Gasteiger partial charge in [-0.3, -0.25) is 4.79 Å². The molecule has 1 saturated carbocycles. The number of rotatable bonds is 4. The Bertz CT molecular complexity index is 858. The number of alkyl carbamates (subject to hydrolysis) is 1. The van der Waals surface area contributed by atoms with E-state index >= 15 is 0 Å². The van der Waals surface area contributed by atoms with E-state index in [9.17, 15) is 9.59 Å². The molecule has 0 radical (unpaired) electrons. The number of carbonyl (C=O) groups is 2. The maximum Gasteiger partial charge on any atom is 0.408 e. The summed E-state index contributed by atoms with van der Waals surface area (Å²) in [6.07, 6.45) is 4.44. The van der Waals surface area contributed by atoms with Crippen LogP contribution in [0.1, 0.15) is 68.9 Å². The first-order chi connectivity index (χ1) is 13.2. The standard InChI is InChI=1S/C22H31N3O3/c1-15-18(16-10-6-7-11-17(16)24-15)19(26)23-14-22(12-8-5-9-13-22)25-20(27)28-21(2,3)4/h6-7,10-11,24H,5,8-9,12-14H2,1-4H3,(H,23,26)(H,25,27). The Labute approximate surface area is 166 Å². The molecule has 1 heterocycles. The van der Waals surface area contributed by atoms with Crippen LogP contribution < -0.4 is 10.6 Å². The Kier molecular flexibility index (Phi) is 5.68. The molecule has 6 nitrogen and oxygen atoms in total. The van der Waals surface area contributed by atoms with Crippen molar-refractivity contribution >= 4 is 22.9 Å². The van der Waals surface area contributed by atoms with E-state index in [0.29, 0.717) is 12.1 Å². The van der Waals surface area contributed by atoms with Gasteiger partial charge in [0, 0.05) is 23.1 Å². The summed E-state index contributed by atoms with van der Waals surface area (Å²) < 4.78 is 5.45. The molecule has 3 rings (SSSR count). The van der Waals surface area contributed by atoms with Crippen molar-refractivity contribution in [3.63, 3.8) is 0 Å². The van der Waals surface area contributed by atoms with Gasteiger partial charge in [0.2, 0.25) is 0 Å². The maximum atomic E-state index is 13.0. The summed E-state index contributed by atoms with van der Waals surface area (Å²) in [5, 5.41) is 7.04. The van der Waals surface area contributed by atoms with Crippen LogP contribution in [-0.4, -0.2) is 34.7 Å². The second-order valence-corrected chi connectivity index (χ2v) is 8.82. The summed E-state index contributed by atoms with van der Waals surface area (Å²) in [6, 6.07) is 7.79. The number of aromatic amines is 1. The van der Waals surface area contributed by atoms with Crippen molar-refractivity contribution in [2.24, 2.45) is 0 Å². The van der Waals surface area contributed by atoms with E-state index in [1.54, 1.807) is 0 Å². The number of carbonyl (C=O) groups excluding carboxylic acids is 2. The van der Waals surface area contributed by atoms with Gasteiger partial charge in [-0.25, -0.2) is 4.79 Å². The fourth-order valence-electron chi connectivity index (χ4n) is 4.00. The molecular formula is C22H31N3O3. The highest BCUT2D eigenvalue weighted by Crippen LogP contribution is 2.29. The molecule has 1 aliphatic rings. The highest BCUT2D eigenvalue weighted by molar-refractivity contribution is 6.08. The first-order valence-electron chi connectivity index (χ1n) is 10.1. The van der Waals surface area contributed by atoms with Gasteiger partial charge in [0.15, 0.2) is 0 Å². The number of aromatic nitrogens is 1. The molecule has 0 aliphatic heterocycles. The van der Waals surface area contributed by atoms with Crippen LogP contribution in [0.15, 0.2) is 24.3 Å². The van der Waals surface area contributed by atoms with Crippen LogP contribution in [0.5, 0.6) is 0 Å². The van der Waals surface area contributed by atoms with Crippen molar-refractivity contribution in [1.82, 2.24) is 15.6 Å². The molecule has 1 fully saturated rings. The number of para-hydroxylation sites is 1. The molecular weight excluding hydrogens is 354 g/mol. The number of H-pyrrole nitrogens is 1. The smallest absolute Gasteiger partial charge is 0.408 e. The molecule has 6 heteroatoms. The molecule has 1 aromatic heterocycles. The fourth-order valence-corrected chi connectivity index (χ4v) is 4.00. The minimum atomic E-state index is -0.551. The Morgan fingerprint density at radius 1 is 1.14 bits per heavy atom. The van der Waals surface area contributed by atoms with Gasteiger partial charge >= 0.3 is 6.09 Å². The lowest BCUT2D eigenvalue weighted by atomic mass is 9.81. The second kappa shape index (κ2) is 7.86. The summed E-state index contributed by atoms with van der Waals surface area (Å²) in [7, 11) is 0. The third kappa shape index (κ3) is 4.66. The quantitative estimate of drug-likeness (QED) is 0.728. The van der Waals surface area contributed by atoms with E-state index in [-0.39, 0.29) is 5.91 Å². The third-order valence-electron chi connectivity index (χ3n) is 5.28. The predicted molar refractivity (Wildman–Crippen MR) is 111 cm³/mol. The molecule has 3 N–H and O–H groups in total. The van der Waals surface area contributed by atoms with Crippen LogP contribution in [0, 0.1) is 6.92 Å².